The first-order valence-corrected chi connectivity index (χ1v) is 16.2. The summed E-state index contributed by atoms with van der Waals surface area (Å²) in [5.74, 6) is -0.403. The minimum Gasteiger partial charge on any atom is -0.466 e. The molecule has 0 rings (SSSR count). The van der Waals surface area contributed by atoms with Gasteiger partial charge < -0.3 is 52.1 Å². The third-order valence-electron chi connectivity index (χ3n) is 5.71. The van der Waals surface area contributed by atoms with Crippen molar-refractivity contribution in [1.82, 2.24) is 0 Å². The molecule has 0 saturated carbocycles. The highest BCUT2D eigenvalue weighted by Gasteiger charge is 2.03. The van der Waals surface area contributed by atoms with Crippen LogP contribution in [0.1, 0.15) is 58.8 Å². The monoisotopic (exact) mass is 640 g/mol. The lowest BCUT2D eigenvalue weighted by atomic mass is 10.1. The fourth-order valence-corrected chi connectivity index (χ4v) is 3.41. The molecule has 0 heterocycles. The maximum atomic E-state index is 11.6. The molecule has 0 saturated heterocycles. The number of unbranched alkanes of at least 4 members (excludes halogenated alkanes) is 4. The topological polar surface area (TPSA) is 136 Å². The quantitative estimate of drug-likeness (QED) is 0.0728. The van der Waals surface area contributed by atoms with E-state index in [0.717, 1.165) is 12.8 Å². The Morgan fingerprint density at radius 1 is 0.341 bits per heavy atom. The van der Waals surface area contributed by atoms with Crippen LogP contribution in [-0.2, 0) is 61.7 Å². The van der Waals surface area contributed by atoms with Gasteiger partial charge in [0.15, 0.2) is 0 Å². The van der Waals surface area contributed by atoms with Gasteiger partial charge in [0, 0.05) is 6.42 Å². The molecule has 0 aliphatic rings. The van der Waals surface area contributed by atoms with Crippen molar-refractivity contribution < 1.29 is 61.7 Å². The summed E-state index contributed by atoms with van der Waals surface area (Å²) in [6.45, 7) is 12.9. The van der Waals surface area contributed by atoms with Crippen molar-refractivity contribution in [3.8, 4) is 0 Å². The Labute approximate surface area is 264 Å². The molecule has 0 aliphatic carbocycles. The van der Waals surface area contributed by atoms with E-state index < -0.39 is 0 Å². The highest BCUT2D eigenvalue weighted by Crippen LogP contribution is 2.05. The van der Waals surface area contributed by atoms with Crippen molar-refractivity contribution in [2.45, 2.75) is 58.8 Å². The summed E-state index contributed by atoms with van der Waals surface area (Å²) in [5, 5.41) is 0. The van der Waals surface area contributed by atoms with Crippen LogP contribution in [0.5, 0.6) is 0 Å². The SMILES string of the molecule is CCCCCCCC(=O)OCCOCCOCCOCCOCCOCCOCCOCCOCCOCCC(=O)OCC. The van der Waals surface area contributed by atoms with Gasteiger partial charge in [-0.2, -0.15) is 0 Å². The van der Waals surface area contributed by atoms with E-state index in [9.17, 15) is 9.59 Å². The van der Waals surface area contributed by atoms with Crippen molar-refractivity contribution in [3.05, 3.63) is 0 Å². The molecule has 0 aliphatic heterocycles. The summed E-state index contributed by atoms with van der Waals surface area (Å²) in [5.41, 5.74) is 0. The number of rotatable bonds is 37. The Balaban J connectivity index is 3.10. The number of ether oxygens (including phenoxy) is 11. The van der Waals surface area contributed by atoms with E-state index in [1.54, 1.807) is 6.92 Å². The molecule has 0 aromatic carbocycles. The van der Waals surface area contributed by atoms with Gasteiger partial charge in [-0.25, -0.2) is 0 Å². The van der Waals surface area contributed by atoms with Gasteiger partial charge in [-0.1, -0.05) is 32.6 Å². The Bertz CT molecular complexity index is 595. The molecule has 262 valence electrons. The number of carbonyl (C=O) groups is 2. The van der Waals surface area contributed by atoms with Crippen molar-refractivity contribution in [2.75, 3.05) is 132 Å². The fourth-order valence-electron chi connectivity index (χ4n) is 3.41. The maximum Gasteiger partial charge on any atom is 0.308 e. The number of hydrogen-bond acceptors (Lipinski definition) is 13. The standard InChI is InChI=1S/C31H60O13/c1-3-5-6-7-8-9-30(32)44-29-28-42-27-26-41-25-24-40-23-22-39-21-20-38-19-18-37-17-16-36-15-14-35-13-12-34-11-10-31(33)43-4-2/h3-29H2,1-2H3. The highest BCUT2D eigenvalue weighted by atomic mass is 16.6. The normalized spacial score (nSPS) is 11.2. The minimum atomic E-state index is -0.252. The van der Waals surface area contributed by atoms with Gasteiger partial charge in [0.2, 0.25) is 0 Å². The summed E-state index contributed by atoms with van der Waals surface area (Å²) in [7, 11) is 0. The predicted molar refractivity (Wildman–Crippen MR) is 163 cm³/mol. The van der Waals surface area contributed by atoms with Crippen molar-refractivity contribution >= 4 is 11.9 Å². The van der Waals surface area contributed by atoms with E-state index in [-0.39, 0.29) is 25.0 Å². The lowest BCUT2D eigenvalue weighted by Gasteiger charge is -2.09. The zero-order valence-electron chi connectivity index (χ0n) is 27.4. The summed E-state index contributed by atoms with van der Waals surface area (Å²) < 4.78 is 58.7. The minimum absolute atomic E-state index is 0.150. The molecule has 13 nitrogen and oxygen atoms in total. The van der Waals surface area contributed by atoms with Crippen LogP contribution in [0.15, 0.2) is 0 Å². The van der Waals surface area contributed by atoms with Gasteiger partial charge in [-0.15, -0.1) is 0 Å². The van der Waals surface area contributed by atoms with Crippen LogP contribution in [-0.4, -0.2) is 144 Å². The van der Waals surface area contributed by atoms with Crippen LogP contribution in [0.4, 0.5) is 0 Å². The molecule has 44 heavy (non-hydrogen) atoms. The molecule has 0 N–H and O–H groups in total. The molecule has 0 bridgehead atoms. The third-order valence-corrected chi connectivity index (χ3v) is 5.71. The Kier molecular flexibility index (Phi) is 36.5. The third kappa shape index (κ3) is 36.8. The van der Waals surface area contributed by atoms with Gasteiger partial charge in [0.05, 0.1) is 132 Å². The molecule has 0 atom stereocenters. The average molecular weight is 641 g/mol. The van der Waals surface area contributed by atoms with Gasteiger partial charge in [0.25, 0.3) is 0 Å². The van der Waals surface area contributed by atoms with E-state index in [4.69, 9.17) is 52.1 Å². The Morgan fingerprint density at radius 2 is 0.659 bits per heavy atom. The largest absolute Gasteiger partial charge is 0.466 e. The molecule has 0 aromatic rings. The van der Waals surface area contributed by atoms with Crippen LogP contribution in [0.3, 0.4) is 0 Å². The first-order valence-electron chi connectivity index (χ1n) is 16.2. The van der Waals surface area contributed by atoms with Crippen LogP contribution < -0.4 is 0 Å². The first-order chi connectivity index (χ1) is 21.7. The molecule has 0 radical (unpaired) electrons. The number of hydrogen-bond donors (Lipinski definition) is 0. The zero-order chi connectivity index (χ0) is 32.0. The summed E-state index contributed by atoms with van der Waals surface area (Å²) in [6.07, 6.45) is 6.32. The molecular formula is C31H60O13. The zero-order valence-corrected chi connectivity index (χ0v) is 27.4. The van der Waals surface area contributed by atoms with Crippen LogP contribution in [0.25, 0.3) is 0 Å². The van der Waals surface area contributed by atoms with E-state index in [0.29, 0.717) is 132 Å². The first kappa shape index (κ1) is 42.6. The molecule has 0 unspecified atom stereocenters. The van der Waals surface area contributed by atoms with Gasteiger partial charge in [-0.05, 0) is 13.3 Å². The smallest absolute Gasteiger partial charge is 0.308 e. The second kappa shape index (κ2) is 37.8. The second-order valence-electron chi connectivity index (χ2n) is 9.45. The lowest BCUT2D eigenvalue weighted by Crippen LogP contribution is -2.15. The molecule has 0 spiro atoms. The summed E-state index contributed by atoms with van der Waals surface area (Å²) in [6, 6.07) is 0. The van der Waals surface area contributed by atoms with Crippen LogP contribution in [0, 0.1) is 0 Å². The van der Waals surface area contributed by atoms with Gasteiger partial charge in [0.1, 0.15) is 6.61 Å². The average Bonchev–Trinajstić information content (AvgIpc) is 3.02. The fraction of sp³-hybridized carbons (Fsp3) is 0.935. The lowest BCUT2D eigenvalue weighted by molar-refractivity contribution is -0.146. The van der Waals surface area contributed by atoms with Crippen LogP contribution >= 0.6 is 0 Å². The highest BCUT2D eigenvalue weighted by molar-refractivity contribution is 5.69. The molecule has 0 aromatic heterocycles. The molecule has 0 amide bonds. The summed E-state index contributed by atoms with van der Waals surface area (Å²) in [4.78, 5) is 22.7. The van der Waals surface area contributed by atoms with Crippen molar-refractivity contribution in [2.24, 2.45) is 0 Å². The number of carbonyl (C=O) groups excluding carboxylic acids is 2. The second-order valence-corrected chi connectivity index (χ2v) is 9.45. The van der Waals surface area contributed by atoms with E-state index in [1.165, 1.54) is 19.3 Å². The molecular weight excluding hydrogens is 580 g/mol. The van der Waals surface area contributed by atoms with Crippen molar-refractivity contribution in [1.29, 1.82) is 0 Å². The summed E-state index contributed by atoms with van der Waals surface area (Å²) >= 11 is 0. The van der Waals surface area contributed by atoms with E-state index >= 15 is 0 Å². The van der Waals surface area contributed by atoms with E-state index in [2.05, 4.69) is 6.92 Å². The maximum absolute atomic E-state index is 11.6. The number of esters is 2. The van der Waals surface area contributed by atoms with Gasteiger partial charge >= 0.3 is 11.9 Å². The van der Waals surface area contributed by atoms with E-state index in [1.807, 2.05) is 0 Å². The molecule has 0 fully saturated rings. The van der Waals surface area contributed by atoms with Crippen molar-refractivity contribution in [3.63, 3.8) is 0 Å². The van der Waals surface area contributed by atoms with Gasteiger partial charge in [-0.3, -0.25) is 9.59 Å². The van der Waals surface area contributed by atoms with Crippen LogP contribution in [0.2, 0.25) is 0 Å². The Morgan fingerprint density at radius 3 is 1.02 bits per heavy atom. The predicted octanol–water partition coefficient (Wildman–Crippen LogP) is 2.99. The molecule has 13 heteroatoms. The Hall–Kier alpha value is -1.42.